The number of rotatable bonds is 6. The van der Waals surface area contributed by atoms with Crippen molar-refractivity contribution in [2.75, 3.05) is 24.6 Å². The van der Waals surface area contributed by atoms with Crippen LogP contribution in [-0.4, -0.2) is 30.6 Å². The highest BCUT2D eigenvalue weighted by molar-refractivity contribution is 5.66. The normalized spacial score (nSPS) is 13.4. The first-order chi connectivity index (χ1) is 13.0. The smallest absolute Gasteiger partial charge is 0.302 e. The van der Waals surface area contributed by atoms with Gasteiger partial charge < -0.3 is 9.64 Å². The predicted octanol–water partition coefficient (Wildman–Crippen LogP) is 4.33. The Kier molecular flexibility index (Phi) is 5.75. The zero-order chi connectivity index (χ0) is 19.2. The Morgan fingerprint density at radius 2 is 1.89 bits per heavy atom. The zero-order valence-corrected chi connectivity index (χ0v) is 15.0. The van der Waals surface area contributed by atoms with Gasteiger partial charge in [-0.2, -0.15) is 10.2 Å². The first kappa shape index (κ1) is 18.5. The highest BCUT2D eigenvalue weighted by Gasteiger charge is 2.17. The van der Waals surface area contributed by atoms with Crippen LogP contribution in [0.25, 0.3) is 0 Å². The van der Waals surface area contributed by atoms with E-state index in [0.717, 1.165) is 30.8 Å². The van der Waals surface area contributed by atoms with Crippen LogP contribution < -0.4 is 4.90 Å². The number of nitrogens with zero attached hydrogens (tertiary/aromatic N) is 4. The van der Waals surface area contributed by atoms with Gasteiger partial charge in [0.1, 0.15) is 6.61 Å². The Labute approximate surface area is 156 Å². The van der Waals surface area contributed by atoms with E-state index in [2.05, 4.69) is 15.1 Å². The van der Waals surface area contributed by atoms with Crippen molar-refractivity contribution in [3.05, 3.63) is 58.1 Å². The molecule has 0 bridgehead atoms. The minimum atomic E-state index is -0.447. The van der Waals surface area contributed by atoms with Gasteiger partial charge in [-0.15, -0.1) is 0 Å². The summed E-state index contributed by atoms with van der Waals surface area (Å²) in [5, 5.41) is 19.1. The van der Waals surface area contributed by atoms with Crippen LogP contribution in [0.5, 0.6) is 0 Å². The summed E-state index contributed by atoms with van der Waals surface area (Å²) in [5.41, 5.74) is 3.62. The molecule has 8 nitrogen and oxygen atoms in total. The van der Waals surface area contributed by atoms with Crippen molar-refractivity contribution in [2.45, 2.75) is 19.8 Å². The number of aryl methyl sites for hydroxylation is 1. The van der Waals surface area contributed by atoms with E-state index in [0.29, 0.717) is 18.8 Å². The summed E-state index contributed by atoms with van der Waals surface area (Å²) < 4.78 is 5.04. The second kappa shape index (κ2) is 8.39. The third-order valence-corrected chi connectivity index (χ3v) is 4.29. The van der Waals surface area contributed by atoms with Crippen LogP contribution in [0.3, 0.4) is 0 Å². The van der Waals surface area contributed by atoms with E-state index in [9.17, 15) is 14.9 Å². The molecule has 0 saturated heterocycles. The number of azo groups is 1. The second-order valence-corrected chi connectivity index (χ2v) is 6.22. The van der Waals surface area contributed by atoms with E-state index in [-0.39, 0.29) is 11.7 Å². The number of anilines is 1. The molecule has 0 fully saturated rings. The lowest BCUT2D eigenvalue weighted by molar-refractivity contribution is -0.384. The number of nitro groups is 1. The van der Waals surface area contributed by atoms with Gasteiger partial charge in [-0.3, -0.25) is 14.9 Å². The van der Waals surface area contributed by atoms with Gasteiger partial charge in [0.15, 0.2) is 0 Å². The molecule has 1 aliphatic rings. The van der Waals surface area contributed by atoms with Crippen molar-refractivity contribution in [2.24, 2.45) is 10.2 Å². The summed E-state index contributed by atoms with van der Waals surface area (Å²) in [6.07, 6.45) is 1.98. The zero-order valence-electron chi connectivity index (χ0n) is 15.0. The van der Waals surface area contributed by atoms with Gasteiger partial charge in [-0.25, -0.2) is 0 Å². The quantitative estimate of drug-likeness (QED) is 0.327. The fourth-order valence-electron chi connectivity index (χ4n) is 3.01. The number of hydrogen-bond acceptors (Lipinski definition) is 7. The van der Waals surface area contributed by atoms with E-state index in [1.165, 1.54) is 24.6 Å². The van der Waals surface area contributed by atoms with Crippen LogP contribution >= 0.6 is 0 Å². The van der Waals surface area contributed by atoms with E-state index >= 15 is 0 Å². The van der Waals surface area contributed by atoms with Crippen LogP contribution in [0.2, 0.25) is 0 Å². The molecule has 1 heterocycles. The number of hydrogen-bond donors (Lipinski definition) is 0. The molecule has 2 aromatic rings. The van der Waals surface area contributed by atoms with Gasteiger partial charge in [-0.05, 0) is 48.7 Å². The van der Waals surface area contributed by atoms with E-state index < -0.39 is 4.92 Å². The van der Waals surface area contributed by atoms with Gasteiger partial charge >= 0.3 is 5.97 Å². The molecule has 0 aliphatic carbocycles. The number of non-ortho nitro benzene ring substituents is 1. The lowest BCUT2D eigenvalue weighted by Gasteiger charge is -2.31. The standard InChI is InChI=1S/C19H20N4O4/c1-14(24)27-12-11-22-10-2-3-15-13-17(6-9-19(15)22)21-20-16-4-7-18(8-5-16)23(25)26/h4-9,13H,2-3,10-12H2,1H3. The van der Waals surface area contributed by atoms with Crippen molar-refractivity contribution in [1.82, 2.24) is 0 Å². The summed E-state index contributed by atoms with van der Waals surface area (Å²) in [7, 11) is 0. The molecular formula is C19H20N4O4. The molecule has 0 N–H and O–H groups in total. The molecule has 2 aromatic carbocycles. The molecule has 0 aromatic heterocycles. The number of fused-ring (bicyclic) bond motifs is 1. The fourth-order valence-corrected chi connectivity index (χ4v) is 3.01. The summed E-state index contributed by atoms with van der Waals surface area (Å²) in [6.45, 7) is 3.37. The molecule has 0 spiro atoms. The number of carbonyl (C=O) groups is 1. The number of ether oxygens (including phenoxy) is 1. The minimum Gasteiger partial charge on any atom is -0.464 e. The summed E-state index contributed by atoms with van der Waals surface area (Å²) in [5.74, 6) is -0.269. The largest absolute Gasteiger partial charge is 0.464 e. The maximum atomic E-state index is 10.9. The van der Waals surface area contributed by atoms with E-state index in [4.69, 9.17) is 4.74 Å². The molecule has 27 heavy (non-hydrogen) atoms. The second-order valence-electron chi connectivity index (χ2n) is 6.22. The fraction of sp³-hybridized carbons (Fsp3) is 0.316. The first-order valence-corrected chi connectivity index (χ1v) is 8.70. The third kappa shape index (κ3) is 4.87. The van der Waals surface area contributed by atoms with Crippen LogP contribution in [0.15, 0.2) is 52.7 Å². The lowest BCUT2D eigenvalue weighted by Crippen LogP contribution is -2.32. The van der Waals surface area contributed by atoms with Crippen molar-refractivity contribution in [3.63, 3.8) is 0 Å². The van der Waals surface area contributed by atoms with Crippen LogP contribution in [-0.2, 0) is 16.0 Å². The van der Waals surface area contributed by atoms with Crippen LogP contribution in [0.4, 0.5) is 22.7 Å². The Balaban J connectivity index is 1.69. The number of nitro benzene ring substituents is 1. The molecule has 0 radical (unpaired) electrons. The van der Waals surface area contributed by atoms with Gasteiger partial charge in [0.2, 0.25) is 0 Å². The SMILES string of the molecule is CC(=O)OCCN1CCCc2cc(N=Nc3ccc([N+](=O)[O-])cc3)ccc21. The predicted molar refractivity (Wildman–Crippen MR) is 101 cm³/mol. The summed E-state index contributed by atoms with van der Waals surface area (Å²) in [4.78, 5) is 23.4. The van der Waals surface area contributed by atoms with E-state index in [1.54, 1.807) is 12.1 Å². The van der Waals surface area contributed by atoms with Crippen LogP contribution in [0.1, 0.15) is 18.9 Å². The summed E-state index contributed by atoms with van der Waals surface area (Å²) in [6, 6.07) is 11.8. The van der Waals surface area contributed by atoms with Crippen molar-refractivity contribution in [1.29, 1.82) is 0 Å². The molecule has 0 atom stereocenters. The molecule has 8 heteroatoms. The molecular weight excluding hydrogens is 348 g/mol. The van der Waals surface area contributed by atoms with Crippen molar-refractivity contribution < 1.29 is 14.5 Å². The van der Waals surface area contributed by atoms with Crippen LogP contribution in [0, 0.1) is 10.1 Å². The van der Waals surface area contributed by atoms with Gasteiger partial charge in [-0.1, -0.05) is 0 Å². The average molecular weight is 368 g/mol. The number of carbonyl (C=O) groups excluding carboxylic acids is 1. The molecule has 1 aliphatic heterocycles. The van der Waals surface area contributed by atoms with E-state index in [1.807, 2.05) is 18.2 Å². The maximum absolute atomic E-state index is 10.9. The topological polar surface area (TPSA) is 97.4 Å². The molecule has 0 unspecified atom stereocenters. The summed E-state index contributed by atoms with van der Waals surface area (Å²) >= 11 is 0. The molecule has 3 rings (SSSR count). The first-order valence-electron chi connectivity index (χ1n) is 8.70. The Morgan fingerprint density at radius 1 is 1.19 bits per heavy atom. The highest BCUT2D eigenvalue weighted by Crippen LogP contribution is 2.31. The average Bonchev–Trinajstić information content (AvgIpc) is 2.66. The lowest BCUT2D eigenvalue weighted by atomic mass is 10.0. The third-order valence-electron chi connectivity index (χ3n) is 4.29. The van der Waals surface area contributed by atoms with Gasteiger partial charge in [0.05, 0.1) is 22.8 Å². The molecule has 140 valence electrons. The van der Waals surface area contributed by atoms with Crippen molar-refractivity contribution in [3.8, 4) is 0 Å². The maximum Gasteiger partial charge on any atom is 0.302 e. The minimum absolute atomic E-state index is 0.0246. The monoisotopic (exact) mass is 368 g/mol. The highest BCUT2D eigenvalue weighted by atomic mass is 16.6. The van der Waals surface area contributed by atoms with Gasteiger partial charge in [0.25, 0.3) is 5.69 Å². The van der Waals surface area contributed by atoms with Crippen molar-refractivity contribution >= 4 is 28.7 Å². The molecule has 0 saturated carbocycles. The Hall–Kier alpha value is -3.29. The molecule has 0 amide bonds. The van der Waals surface area contributed by atoms with Gasteiger partial charge in [0, 0.05) is 31.3 Å². The Bertz CT molecular complexity index is 865. The number of esters is 1. The number of benzene rings is 2. The Morgan fingerprint density at radius 3 is 2.59 bits per heavy atom.